The van der Waals surface area contributed by atoms with Crippen LogP contribution in [0.4, 0.5) is 44.3 Å². The summed E-state index contributed by atoms with van der Waals surface area (Å²) in [6, 6.07) is 7.29. The number of rotatable bonds is 7. The molecule has 1 aliphatic heterocycles. The molecular formula is C31H29F9N2O4S. The first-order valence-corrected chi connectivity index (χ1v) is 15.4. The Labute approximate surface area is 264 Å². The van der Waals surface area contributed by atoms with E-state index in [4.69, 9.17) is 0 Å². The van der Waals surface area contributed by atoms with Crippen molar-refractivity contribution in [1.29, 1.82) is 0 Å². The second-order valence-corrected chi connectivity index (χ2v) is 14.3. The fourth-order valence-corrected chi connectivity index (χ4v) is 7.48. The first-order chi connectivity index (χ1) is 21.6. The van der Waals surface area contributed by atoms with Crippen molar-refractivity contribution in [3.63, 3.8) is 0 Å². The zero-order valence-electron chi connectivity index (χ0n) is 25.1. The Kier molecular flexibility index (Phi) is 9.47. The van der Waals surface area contributed by atoms with E-state index in [0.717, 1.165) is 47.4 Å². The van der Waals surface area contributed by atoms with E-state index >= 15 is 0 Å². The number of alkyl halides is 6. The van der Waals surface area contributed by atoms with Gasteiger partial charge < -0.3 is 15.0 Å². The van der Waals surface area contributed by atoms with Crippen LogP contribution < -0.4 is 5.32 Å². The molecule has 2 amide bonds. The molecule has 0 spiro atoms. The van der Waals surface area contributed by atoms with E-state index in [2.05, 4.69) is 10.1 Å². The molecule has 1 saturated heterocycles. The van der Waals surface area contributed by atoms with Crippen molar-refractivity contribution < 1.29 is 57.5 Å². The monoisotopic (exact) mass is 696 g/mol. The fraction of sp³-hybridized carbons (Fsp3) is 0.387. The van der Waals surface area contributed by atoms with Gasteiger partial charge in [-0.15, -0.1) is 0 Å². The third-order valence-electron chi connectivity index (χ3n) is 7.75. The highest BCUT2D eigenvalue weighted by Crippen LogP contribution is 2.54. The van der Waals surface area contributed by atoms with Gasteiger partial charge in [0.2, 0.25) is 0 Å². The summed E-state index contributed by atoms with van der Waals surface area (Å²) in [5.41, 5.74) is -8.83. The molecule has 0 radical (unpaired) electrons. The van der Waals surface area contributed by atoms with Gasteiger partial charge in [0.05, 0.1) is 11.5 Å². The second kappa shape index (κ2) is 12.3. The van der Waals surface area contributed by atoms with Gasteiger partial charge >= 0.3 is 18.4 Å². The average Bonchev–Trinajstić information content (AvgIpc) is 3.41. The molecule has 0 aliphatic carbocycles. The van der Waals surface area contributed by atoms with Crippen LogP contribution in [0.1, 0.15) is 43.9 Å². The number of carbonyl (C=O) groups is 1. The number of carbonyl (C=O) groups excluding carboxylic acids is 1. The Morgan fingerprint density at radius 2 is 1.38 bits per heavy atom. The van der Waals surface area contributed by atoms with Crippen molar-refractivity contribution in [3.05, 3.63) is 101 Å². The summed E-state index contributed by atoms with van der Waals surface area (Å²) in [6.45, 7) is 2.51. The van der Waals surface area contributed by atoms with Crippen molar-refractivity contribution in [3.8, 4) is 0 Å². The normalized spacial score (nSPS) is 18.0. The van der Waals surface area contributed by atoms with Gasteiger partial charge in [-0.2, -0.15) is 26.3 Å². The van der Waals surface area contributed by atoms with Crippen molar-refractivity contribution in [2.75, 3.05) is 13.1 Å². The van der Waals surface area contributed by atoms with E-state index in [-0.39, 0.29) is 18.5 Å². The maximum Gasteiger partial charge on any atom is 0.430 e. The molecule has 1 fully saturated rings. The number of amides is 2. The predicted molar refractivity (Wildman–Crippen MR) is 151 cm³/mol. The SMILES string of the molecule is CC(C)(C)NC(=O)N1CCC(c2ccc(C(OCc3c(F)cccc3F)(C(F)(F)F)C(F)(F)F)cc2)(S(=O)(=O)c2ccc(F)cc2)C1. The molecule has 47 heavy (non-hydrogen) atoms. The number of hydrogen-bond donors (Lipinski definition) is 1. The number of ether oxygens (including phenoxy) is 1. The number of benzene rings is 3. The maximum atomic E-state index is 14.4. The number of nitrogens with one attached hydrogen (secondary N) is 1. The number of likely N-dealkylation sites (tertiary alicyclic amines) is 1. The molecule has 6 nitrogen and oxygen atoms in total. The quantitative estimate of drug-likeness (QED) is 0.205. The van der Waals surface area contributed by atoms with Crippen LogP contribution in [0.5, 0.6) is 0 Å². The maximum absolute atomic E-state index is 14.4. The fourth-order valence-electron chi connectivity index (χ4n) is 5.40. The van der Waals surface area contributed by atoms with Crippen LogP contribution >= 0.6 is 0 Å². The summed E-state index contributed by atoms with van der Waals surface area (Å²) in [6.07, 6.45) is -12.8. The first-order valence-electron chi connectivity index (χ1n) is 13.9. The van der Waals surface area contributed by atoms with Gasteiger partial charge in [0.1, 0.15) is 22.2 Å². The smallest absolute Gasteiger partial charge is 0.349 e. The summed E-state index contributed by atoms with van der Waals surface area (Å²) in [5, 5.41) is 2.67. The minimum atomic E-state index is -6.22. The Morgan fingerprint density at radius 1 is 0.851 bits per heavy atom. The highest BCUT2D eigenvalue weighted by atomic mass is 32.2. The van der Waals surface area contributed by atoms with Crippen LogP contribution in [-0.4, -0.2) is 50.3 Å². The lowest BCUT2D eigenvalue weighted by molar-refractivity contribution is -0.392. The molecule has 0 saturated carbocycles. The van der Waals surface area contributed by atoms with Gasteiger partial charge in [0.25, 0.3) is 5.60 Å². The molecule has 3 aromatic carbocycles. The topological polar surface area (TPSA) is 75.7 Å². The van der Waals surface area contributed by atoms with Crippen molar-refractivity contribution in [2.24, 2.45) is 0 Å². The van der Waals surface area contributed by atoms with E-state index in [0.29, 0.717) is 24.3 Å². The minimum Gasteiger partial charge on any atom is -0.349 e. The van der Waals surface area contributed by atoms with Crippen LogP contribution in [0.3, 0.4) is 0 Å². The van der Waals surface area contributed by atoms with Crippen molar-refractivity contribution >= 4 is 15.9 Å². The highest BCUT2D eigenvalue weighted by Gasteiger charge is 2.73. The Balaban J connectivity index is 1.85. The Hall–Kier alpha value is -3.79. The van der Waals surface area contributed by atoms with Crippen molar-refractivity contribution in [1.82, 2.24) is 10.2 Å². The largest absolute Gasteiger partial charge is 0.430 e. The zero-order valence-corrected chi connectivity index (χ0v) is 25.9. The summed E-state index contributed by atoms with van der Waals surface area (Å²) >= 11 is 0. The molecule has 1 heterocycles. The van der Waals surface area contributed by atoms with Gasteiger partial charge in [0, 0.05) is 29.8 Å². The van der Waals surface area contributed by atoms with Crippen LogP contribution in [-0.2, 0) is 31.5 Å². The summed E-state index contributed by atoms with van der Waals surface area (Å²) in [4.78, 5) is 13.7. The third-order valence-corrected chi connectivity index (χ3v) is 10.2. The van der Waals surface area contributed by atoms with E-state index in [1.165, 1.54) is 0 Å². The number of urea groups is 1. The molecule has 1 atom stereocenters. The number of hydrogen-bond acceptors (Lipinski definition) is 4. The number of halogens is 9. The van der Waals surface area contributed by atoms with E-state index in [1.807, 2.05) is 0 Å². The summed E-state index contributed by atoms with van der Waals surface area (Å²) in [5.74, 6) is -3.65. The molecule has 0 bridgehead atoms. The second-order valence-electron chi connectivity index (χ2n) is 12.0. The van der Waals surface area contributed by atoms with Crippen molar-refractivity contribution in [2.45, 2.75) is 66.9 Å². The van der Waals surface area contributed by atoms with Gasteiger partial charge in [-0.05, 0) is 69.2 Å². The summed E-state index contributed by atoms with van der Waals surface area (Å²) in [7, 11) is -4.59. The summed E-state index contributed by atoms with van der Waals surface area (Å²) < 4.78 is 159. The highest BCUT2D eigenvalue weighted by molar-refractivity contribution is 7.92. The molecule has 3 aromatic rings. The molecule has 16 heteroatoms. The molecule has 0 aromatic heterocycles. The molecule has 1 N–H and O–H groups in total. The molecule has 1 unspecified atom stereocenters. The molecule has 4 rings (SSSR count). The van der Waals surface area contributed by atoms with Gasteiger partial charge in [-0.3, -0.25) is 0 Å². The minimum absolute atomic E-state index is 0.170. The van der Waals surface area contributed by atoms with Gasteiger partial charge in [-0.25, -0.2) is 26.4 Å². The van der Waals surface area contributed by atoms with Crippen LogP contribution in [0.25, 0.3) is 0 Å². The van der Waals surface area contributed by atoms with Crippen LogP contribution in [0, 0.1) is 17.5 Å². The predicted octanol–water partition coefficient (Wildman–Crippen LogP) is 7.52. The molecule has 1 aliphatic rings. The zero-order chi connectivity index (χ0) is 35.2. The number of nitrogens with zero attached hydrogens (tertiary/aromatic N) is 1. The Bertz CT molecular complexity index is 1690. The van der Waals surface area contributed by atoms with Gasteiger partial charge in [0.15, 0.2) is 9.84 Å². The average molecular weight is 697 g/mol. The Morgan fingerprint density at radius 3 is 1.87 bits per heavy atom. The van der Waals surface area contributed by atoms with Crippen LogP contribution in [0.15, 0.2) is 71.6 Å². The lowest BCUT2D eigenvalue weighted by Gasteiger charge is -2.38. The third kappa shape index (κ3) is 6.66. The standard InChI is InChI=1S/C31H29F9N2O4S/c1-27(2,3)41-26(43)42-16-15-28(18-42,47(44,45)22-13-11-21(32)12-14-22)19-7-9-20(10-8-19)29(30(35,36)37,31(38,39)40)46-17-23-24(33)5-4-6-25(23)34/h4-14H,15-18H2,1-3H3,(H,41,43). The van der Waals surface area contributed by atoms with E-state index in [9.17, 15) is 52.7 Å². The molecule has 256 valence electrons. The lowest BCUT2D eigenvalue weighted by atomic mass is 9.88. The number of sulfone groups is 1. The lowest BCUT2D eigenvalue weighted by Crippen LogP contribution is -2.56. The van der Waals surface area contributed by atoms with E-state index < -0.39 is 90.7 Å². The first kappa shape index (κ1) is 36.1. The molecular weight excluding hydrogens is 667 g/mol. The van der Waals surface area contributed by atoms with Gasteiger partial charge in [-0.1, -0.05) is 30.3 Å². The van der Waals surface area contributed by atoms with E-state index in [1.54, 1.807) is 20.8 Å². The van der Waals surface area contributed by atoms with Crippen LogP contribution in [0.2, 0.25) is 0 Å².